The van der Waals surface area contributed by atoms with Crippen molar-refractivity contribution >= 4 is 47.2 Å². The molecule has 176 valence electrons. The number of aromatic nitrogens is 1. The van der Waals surface area contributed by atoms with E-state index in [2.05, 4.69) is 15.1 Å². The number of morpholine rings is 1. The van der Waals surface area contributed by atoms with Gasteiger partial charge in [-0.25, -0.2) is 4.98 Å². The number of piperidine rings is 2. The number of hydrogen-bond acceptors (Lipinski definition) is 6. The summed E-state index contributed by atoms with van der Waals surface area (Å²) in [5.74, 6) is 2.23. The third-order valence-electron chi connectivity index (χ3n) is 7.46. The zero-order chi connectivity index (χ0) is 19.6. The Morgan fingerprint density at radius 2 is 1.65 bits per heavy atom. The minimum Gasteiger partial charge on any atom is -0.378 e. The summed E-state index contributed by atoms with van der Waals surface area (Å²) in [6.07, 6.45) is 7.88. The maximum Gasteiger partial charge on any atom is 0.226 e. The van der Waals surface area contributed by atoms with Gasteiger partial charge in [0, 0.05) is 43.4 Å². The highest BCUT2D eigenvalue weighted by atomic mass is 35.5. The van der Waals surface area contributed by atoms with Crippen LogP contribution in [0, 0.1) is 17.8 Å². The predicted octanol–water partition coefficient (Wildman–Crippen LogP) is 3.17. The van der Waals surface area contributed by atoms with Crippen LogP contribution in [0.4, 0.5) is 5.13 Å². The van der Waals surface area contributed by atoms with Crippen molar-refractivity contribution < 1.29 is 9.53 Å². The zero-order valence-electron chi connectivity index (χ0n) is 18.2. The number of thiazole rings is 1. The Labute approximate surface area is 202 Å². The Hall–Kier alpha value is -0.600. The van der Waals surface area contributed by atoms with Crippen molar-refractivity contribution in [2.24, 2.45) is 17.8 Å². The van der Waals surface area contributed by atoms with Crippen LogP contribution < -0.4 is 10.2 Å². The number of nitrogens with zero attached hydrogens (tertiary/aromatic N) is 3. The first kappa shape index (κ1) is 25.0. The molecule has 0 radical (unpaired) electrons. The molecule has 1 atom stereocenters. The smallest absolute Gasteiger partial charge is 0.226 e. The van der Waals surface area contributed by atoms with E-state index in [4.69, 9.17) is 9.72 Å². The molecule has 5 rings (SSSR count). The number of ether oxygens (including phenoxy) is 1. The van der Waals surface area contributed by atoms with Gasteiger partial charge < -0.3 is 19.9 Å². The van der Waals surface area contributed by atoms with Crippen LogP contribution in [-0.2, 0) is 22.4 Å². The average Bonchev–Trinajstić information content (AvgIpc) is 3.23. The average molecular weight is 492 g/mol. The largest absolute Gasteiger partial charge is 0.378 e. The van der Waals surface area contributed by atoms with E-state index < -0.39 is 0 Å². The highest BCUT2D eigenvalue weighted by Gasteiger charge is 2.34. The fourth-order valence-corrected chi connectivity index (χ4v) is 6.79. The zero-order valence-corrected chi connectivity index (χ0v) is 20.7. The molecule has 1 aromatic heterocycles. The number of carbonyl (C=O) groups excluding carboxylic acids is 1. The highest BCUT2D eigenvalue weighted by molar-refractivity contribution is 7.15. The molecule has 1 N–H and O–H groups in total. The van der Waals surface area contributed by atoms with Gasteiger partial charge in [-0.2, -0.15) is 0 Å². The second-order valence-electron chi connectivity index (χ2n) is 9.16. The maximum atomic E-state index is 13.2. The molecule has 31 heavy (non-hydrogen) atoms. The summed E-state index contributed by atoms with van der Waals surface area (Å²) in [5, 5.41) is 4.61. The summed E-state index contributed by atoms with van der Waals surface area (Å²) in [7, 11) is 0. The van der Waals surface area contributed by atoms with Crippen LogP contribution >= 0.6 is 36.2 Å². The molecule has 0 bridgehead atoms. The van der Waals surface area contributed by atoms with E-state index in [0.717, 1.165) is 75.6 Å². The molecule has 3 aliphatic heterocycles. The lowest BCUT2D eigenvalue weighted by Crippen LogP contribution is -2.45. The van der Waals surface area contributed by atoms with Gasteiger partial charge in [0.2, 0.25) is 5.91 Å². The van der Waals surface area contributed by atoms with Crippen LogP contribution in [0.3, 0.4) is 0 Å². The second-order valence-corrected chi connectivity index (χ2v) is 10.2. The van der Waals surface area contributed by atoms with Crippen molar-refractivity contribution in [3.05, 3.63) is 10.6 Å². The molecule has 1 aromatic rings. The molecule has 9 heteroatoms. The number of fused-ring (bicyclic) bond motifs is 1. The third-order valence-corrected chi connectivity index (χ3v) is 8.68. The molecule has 1 unspecified atom stereocenters. The van der Waals surface area contributed by atoms with Gasteiger partial charge in [-0.15, -0.1) is 36.2 Å². The van der Waals surface area contributed by atoms with Crippen LogP contribution in [0.1, 0.15) is 42.7 Å². The molecule has 3 saturated heterocycles. The molecule has 0 saturated carbocycles. The lowest BCUT2D eigenvalue weighted by molar-refractivity contribution is -0.137. The van der Waals surface area contributed by atoms with Crippen LogP contribution in [0.2, 0.25) is 0 Å². The van der Waals surface area contributed by atoms with Gasteiger partial charge in [-0.3, -0.25) is 4.79 Å². The number of halogens is 2. The minimum absolute atomic E-state index is 0. The summed E-state index contributed by atoms with van der Waals surface area (Å²) in [5.41, 5.74) is 1.19. The molecule has 0 aromatic carbocycles. The van der Waals surface area contributed by atoms with E-state index in [1.807, 2.05) is 11.3 Å². The second kappa shape index (κ2) is 11.5. The number of likely N-dealkylation sites (tertiary alicyclic amines) is 1. The third kappa shape index (κ3) is 5.67. The fourth-order valence-electron chi connectivity index (χ4n) is 5.63. The summed E-state index contributed by atoms with van der Waals surface area (Å²) < 4.78 is 5.47. The van der Waals surface area contributed by atoms with E-state index >= 15 is 0 Å². The standard InChI is InChI=1S/C22H34N4O2S.2ClH/c27-21(25-9-5-17(6-10-25)16-3-7-23-8-4-16)18-1-2-20-19(15-18)24-22(29-20)26-11-13-28-14-12-26;;/h16-18,23H,1-15H2;2*1H. The van der Waals surface area contributed by atoms with Gasteiger partial charge in [0.1, 0.15) is 0 Å². The van der Waals surface area contributed by atoms with Gasteiger partial charge in [0.25, 0.3) is 0 Å². The van der Waals surface area contributed by atoms with Gasteiger partial charge in [-0.1, -0.05) is 0 Å². The summed E-state index contributed by atoms with van der Waals surface area (Å²) in [6.45, 7) is 7.72. The van der Waals surface area contributed by atoms with Crippen LogP contribution in [0.15, 0.2) is 0 Å². The van der Waals surface area contributed by atoms with E-state index in [1.54, 1.807) is 0 Å². The van der Waals surface area contributed by atoms with E-state index in [-0.39, 0.29) is 30.7 Å². The summed E-state index contributed by atoms with van der Waals surface area (Å²) >= 11 is 1.84. The Morgan fingerprint density at radius 3 is 2.35 bits per heavy atom. The SMILES string of the molecule is Cl.Cl.O=C(C1CCc2sc(N3CCOCC3)nc2C1)N1CCC(C2CCNCC2)CC1. The van der Waals surface area contributed by atoms with Crippen molar-refractivity contribution in [3.63, 3.8) is 0 Å². The number of hydrogen-bond donors (Lipinski definition) is 1. The molecule has 6 nitrogen and oxygen atoms in total. The lowest BCUT2D eigenvalue weighted by Gasteiger charge is -2.39. The first-order valence-electron chi connectivity index (χ1n) is 11.6. The fraction of sp³-hybridized carbons (Fsp3) is 0.818. The Balaban J connectivity index is 0.00000136. The van der Waals surface area contributed by atoms with E-state index in [1.165, 1.54) is 49.3 Å². The molecule has 4 aliphatic rings. The van der Waals surface area contributed by atoms with Crippen molar-refractivity contribution in [2.45, 2.75) is 44.9 Å². The lowest BCUT2D eigenvalue weighted by atomic mass is 9.79. The van der Waals surface area contributed by atoms with Gasteiger partial charge in [0.15, 0.2) is 5.13 Å². The van der Waals surface area contributed by atoms with Crippen molar-refractivity contribution in [2.75, 3.05) is 57.4 Å². The molecule has 1 amide bonds. The van der Waals surface area contributed by atoms with Gasteiger partial charge in [-0.05, 0) is 63.5 Å². The normalized spacial score (nSPS) is 25.4. The van der Waals surface area contributed by atoms with Crippen LogP contribution in [-0.4, -0.2) is 68.3 Å². The number of aryl methyl sites for hydroxylation is 1. The molecular weight excluding hydrogens is 455 g/mol. The van der Waals surface area contributed by atoms with Crippen molar-refractivity contribution in [3.8, 4) is 0 Å². The maximum absolute atomic E-state index is 13.2. The predicted molar refractivity (Wildman–Crippen MR) is 130 cm³/mol. The summed E-state index contributed by atoms with van der Waals surface area (Å²) in [4.78, 5) is 24.1. The van der Waals surface area contributed by atoms with Gasteiger partial charge >= 0.3 is 0 Å². The Morgan fingerprint density at radius 1 is 0.968 bits per heavy atom. The number of anilines is 1. The van der Waals surface area contributed by atoms with Crippen molar-refractivity contribution in [1.29, 1.82) is 0 Å². The van der Waals surface area contributed by atoms with E-state index in [9.17, 15) is 4.79 Å². The van der Waals surface area contributed by atoms with Crippen LogP contribution in [0.25, 0.3) is 0 Å². The molecule has 0 spiro atoms. The molecule has 4 heterocycles. The topological polar surface area (TPSA) is 57.7 Å². The van der Waals surface area contributed by atoms with E-state index in [0.29, 0.717) is 5.91 Å². The summed E-state index contributed by atoms with van der Waals surface area (Å²) in [6, 6.07) is 0. The van der Waals surface area contributed by atoms with Gasteiger partial charge in [0.05, 0.1) is 18.9 Å². The number of amides is 1. The molecule has 3 fully saturated rings. The monoisotopic (exact) mass is 490 g/mol. The van der Waals surface area contributed by atoms with Crippen LogP contribution in [0.5, 0.6) is 0 Å². The minimum atomic E-state index is 0. The Kier molecular flexibility index (Phi) is 9.29. The number of carbonyl (C=O) groups is 1. The Bertz CT molecular complexity index is 714. The first-order chi connectivity index (χ1) is 14.3. The number of nitrogens with one attached hydrogen (secondary N) is 1. The van der Waals surface area contributed by atoms with Crippen molar-refractivity contribution in [1.82, 2.24) is 15.2 Å². The number of rotatable bonds is 3. The molecule has 1 aliphatic carbocycles. The molecular formula is C22H36Cl2N4O2S. The highest BCUT2D eigenvalue weighted by Crippen LogP contribution is 2.36. The first-order valence-corrected chi connectivity index (χ1v) is 12.4. The quantitative estimate of drug-likeness (QED) is 0.704.